The highest BCUT2D eigenvalue weighted by Gasteiger charge is 2.28. The summed E-state index contributed by atoms with van der Waals surface area (Å²) in [6.45, 7) is 7.87. The van der Waals surface area contributed by atoms with Gasteiger partial charge < -0.3 is 44.7 Å². The molecule has 3 N–H and O–H groups in total. The minimum Gasteiger partial charge on any atom is -0.495 e. The van der Waals surface area contributed by atoms with Crippen LogP contribution < -0.4 is 30.5 Å². The van der Waals surface area contributed by atoms with Crippen molar-refractivity contribution in [2.24, 2.45) is 0 Å². The third-order valence-electron chi connectivity index (χ3n) is 7.33. The largest absolute Gasteiger partial charge is 0.495 e. The van der Waals surface area contributed by atoms with E-state index in [0.717, 1.165) is 31.8 Å². The van der Waals surface area contributed by atoms with Crippen LogP contribution in [0.2, 0.25) is 0 Å². The number of aromatic nitrogens is 2. The molecule has 0 saturated heterocycles. The van der Waals surface area contributed by atoms with E-state index in [1.54, 1.807) is 42.4 Å². The van der Waals surface area contributed by atoms with E-state index in [1.165, 1.54) is 7.11 Å². The van der Waals surface area contributed by atoms with Gasteiger partial charge in [0.25, 0.3) is 11.8 Å². The quantitative estimate of drug-likeness (QED) is 0.166. The predicted octanol–water partition coefficient (Wildman–Crippen LogP) is 3.76. The highest BCUT2D eigenvalue weighted by atomic mass is 16.5. The van der Waals surface area contributed by atoms with Crippen LogP contribution in [0.5, 0.6) is 5.75 Å². The van der Waals surface area contributed by atoms with E-state index in [1.807, 2.05) is 30.1 Å². The minimum atomic E-state index is -0.215. The minimum absolute atomic E-state index is 0.137. The molecule has 0 aliphatic carbocycles. The monoisotopic (exact) mass is 635 g/mol. The molecular weight excluding hydrogens is 590 g/mol. The first-order chi connectivity index (χ1) is 22.4. The number of carbonyl (C=O) groups excluding carboxylic acids is 2. The van der Waals surface area contributed by atoms with Gasteiger partial charge >= 0.3 is 0 Å². The molecule has 1 aliphatic rings. The molecule has 2 aromatic carbocycles. The molecule has 0 saturated carbocycles. The fraction of sp³-hybridized carbons (Fsp3) is 0.455. The molecule has 1 aliphatic heterocycles. The number of amides is 2. The van der Waals surface area contributed by atoms with Gasteiger partial charge in [-0.3, -0.25) is 9.59 Å². The van der Waals surface area contributed by atoms with Crippen molar-refractivity contribution in [1.82, 2.24) is 20.6 Å². The molecule has 2 heterocycles. The van der Waals surface area contributed by atoms with E-state index < -0.39 is 0 Å². The van der Waals surface area contributed by atoms with Crippen molar-refractivity contribution in [2.45, 2.75) is 19.8 Å². The van der Waals surface area contributed by atoms with E-state index in [0.29, 0.717) is 86.0 Å². The Hall–Kier alpha value is -4.30. The Morgan fingerprint density at radius 1 is 0.870 bits per heavy atom. The van der Waals surface area contributed by atoms with Gasteiger partial charge in [0.2, 0.25) is 5.95 Å². The average molecular weight is 636 g/mol. The lowest BCUT2D eigenvalue weighted by Crippen LogP contribution is -2.25. The number of methoxy groups -OCH3 is 1. The van der Waals surface area contributed by atoms with E-state index >= 15 is 0 Å². The Morgan fingerprint density at radius 2 is 1.57 bits per heavy atom. The van der Waals surface area contributed by atoms with Gasteiger partial charge in [0, 0.05) is 39.4 Å². The second-order valence-corrected chi connectivity index (χ2v) is 10.5. The summed E-state index contributed by atoms with van der Waals surface area (Å²) >= 11 is 0. The second-order valence-electron chi connectivity index (χ2n) is 10.5. The molecule has 0 fully saturated rings. The van der Waals surface area contributed by atoms with Crippen LogP contribution in [0.25, 0.3) is 0 Å². The van der Waals surface area contributed by atoms with Crippen molar-refractivity contribution in [1.29, 1.82) is 0 Å². The lowest BCUT2D eigenvalue weighted by atomic mass is 10.1. The summed E-state index contributed by atoms with van der Waals surface area (Å²) in [5.74, 6) is 0.992. The fourth-order valence-corrected chi connectivity index (χ4v) is 4.81. The number of rotatable bonds is 19. The number of nitrogens with zero attached hydrogens (tertiary/aromatic N) is 4. The number of nitrogens with one attached hydrogen (secondary N) is 3. The molecule has 13 heteroatoms. The first-order valence-electron chi connectivity index (χ1n) is 15.6. The normalized spacial score (nSPS) is 12.4. The molecule has 1 aromatic heterocycles. The molecule has 0 unspecified atom stereocenters. The SMILES string of the molecule is CCNCCCOCCOCCOCCCNC(=O)c1ccc(Nc2ncc3c(n2)N(C)c2ccccc2C(=O)N3C)c(OC)c1. The summed E-state index contributed by atoms with van der Waals surface area (Å²) in [6, 6.07) is 12.5. The molecule has 248 valence electrons. The van der Waals surface area contributed by atoms with Gasteiger partial charge in [0.05, 0.1) is 56.7 Å². The Morgan fingerprint density at radius 3 is 2.28 bits per heavy atom. The number of para-hydroxylation sites is 1. The first-order valence-corrected chi connectivity index (χ1v) is 15.6. The maximum atomic E-state index is 13.1. The van der Waals surface area contributed by atoms with Crippen molar-refractivity contribution >= 4 is 40.6 Å². The highest BCUT2D eigenvalue weighted by Crippen LogP contribution is 2.38. The standard InChI is InChI=1S/C33H45N7O6/c1-5-34-14-8-16-44-18-20-46-21-19-45-17-9-15-35-31(41)24-12-13-26(29(22-24)43-4)37-33-36-23-28-30(38-33)39(2)27-11-7-6-10-25(27)32(42)40(28)3/h6-7,10-13,22-23,34H,5,8-9,14-21H2,1-4H3,(H,35,41)(H,36,37,38). The predicted molar refractivity (Wildman–Crippen MR) is 178 cm³/mol. The third-order valence-corrected chi connectivity index (χ3v) is 7.33. The van der Waals surface area contributed by atoms with Crippen LogP contribution in [0.15, 0.2) is 48.7 Å². The van der Waals surface area contributed by atoms with Crippen molar-refractivity contribution in [3.05, 3.63) is 59.8 Å². The number of ether oxygens (including phenoxy) is 4. The van der Waals surface area contributed by atoms with Gasteiger partial charge in [-0.25, -0.2) is 4.98 Å². The fourth-order valence-electron chi connectivity index (χ4n) is 4.81. The zero-order valence-corrected chi connectivity index (χ0v) is 27.1. The van der Waals surface area contributed by atoms with E-state index in [4.69, 9.17) is 23.9 Å². The summed E-state index contributed by atoms with van der Waals surface area (Å²) in [5, 5.41) is 9.36. The Labute approximate surface area is 270 Å². The zero-order valence-electron chi connectivity index (χ0n) is 27.1. The molecule has 0 spiro atoms. The van der Waals surface area contributed by atoms with Crippen LogP contribution in [-0.4, -0.2) is 102 Å². The van der Waals surface area contributed by atoms with Crippen molar-refractivity contribution in [2.75, 3.05) is 95.6 Å². The molecule has 3 aromatic rings. The van der Waals surface area contributed by atoms with Crippen LogP contribution in [-0.2, 0) is 14.2 Å². The van der Waals surface area contributed by atoms with E-state index in [-0.39, 0.29) is 11.8 Å². The number of fused-ring (bicyclic) bond motifs is 2. The molecule has 13 nitrogen and oxygen atoms in total. The smallest absolute Gasteiger partial charge is 0.260 e. The van der Waals surface area contributed by atoms with Crippen molar-refractivity contribution in [3.8, 4) is 5.75 Å². The topological polar surface area (TPSA) is 139 Å². The average Bonchev–Trinajstić information content (AvgIpc) is 3.15. The molecular formula is C33H45N7O6. The summed E-state index contributed by atoms with van der Waals surface area (Å²) in [4.78, 5) is 38.4. The van der Waals surface area contributed by atoms with Gasteiger partial charge in [-0.15, -0.1) is 0 Å². The number of hydrogen-bond donors (Lipinski definition) is 3. The first kappa shape index (κ1) is 34.6. The van der Waals surface area contributed by atoms with Crippen LogP contribution in [0, 0.1) is 0 Å². The third kappa shape index (κ3) is 9.36. The lowest BCUT2D eigenvalue weighted by molar-refractivity contribution is 0.0139. The van der Waals surface area contributed by atoms with Crippen molar-refractivity contribution in [3.63, 3.8) is 0 Å². The maximum absolute atomic E-state index is 13.1. The summed E-state index contributed by atoms with van der Waals surface area (Å²) in [5.41, 5.74) is 2.96. The second kappa shape index (κ2) is 18.0. The van der Waals surface area contributed by atoms with Gasteiger partial charge in [-0.05, 0) is 56.3 Å². The number of anilines is 5. The Balaban J connectivity index is 1.21. The van der Waals surface area contributed by atoms with Crippen LogP contribution in [0.1, 0.15) is 40.5 Å². The Kier molecular flexibility index (Phi) is 13.5. The molecule has 0 bridgehead atoms. The van der Waals surface area contributed by atoms with Crippen LogP contribution in [0.4, 0.5) is 28.8 Å². The van der Waals surface area contributed by atoms with Gasteiger partial charge in [0.15, 0.2) is 5.82 Å². The van der Waals surface area contributed by atoms with Crippen molar-refractivity contribution < 1.29 is 28.5 Å². The zero-order chi connectivity index (χ0) is 32.7. The van der Waals surface area contributed by atoms with Crippen LogP contribution >= 0.6 is 0 Å². The molecule has 0 atom stereocenters. The lowest BCUT2D eigenvalue weighted by Gasteiger charge is -2.21. The number of benzene rings is 2. The Bertz CT molecular complexity index is 1440. The van der Waals surface area contributed by atoms with Gasteiger partial charge in [0.1, 0.15) is 11.4 Å². The molecule has 0 radical (unpaired) electrons. The van der Waals surface area contributed by atoms with E-state index in [2.05, 4.69) is 27.9 Å². The van der Waals surface area contributed by atoms with Gasteiger partial charge in [-0.1, -0.05) is 19.1 Å². The van der Waals surface area contributed by atoms with Crippen LogP contribution in [0.3, 0.4) is 0 Å². The van der Waals surface area contributed by atoms with Gasteiger partial charge in [-0.2, -0.15) is 4.98 Å². The summed E-state index contributed by atoms with van der Waals surface area (Å²) < 4.78 is 22.2. The summed E-state index contributed by atoms with van der Waals surface area (Å²) in [6.07, 6.45) is 3.28. The molecule has 4 rings (SSSR count). The summed E-state index contributed by atoms with van der Waals surface area (Å²) in [7, 11) is 5.10. The highest BCUT2D eigenvalue weighted by molar-refractivity contribution is 6.13. The number of carbonyl (C=O) groups is 2. The molecule has 2 amide bonds. The maximum Gasteiger partial charge on any atom is 0.260 e. The van der Waals surface area contributed by atoms with E-state index in [9.17, 15) is 9.59 Å². The molecule has 46 heavy (non-hydrogen) atoms. The number of hydrogen-bond acceptors (Lipinski definition) is 11.